The molecule has 0 bridgehead atoms. The molecule has 0 amide bonds. The Morgan fingerprint density at radius 1 is 0.675 bits per heavy atom. The summed E-state index contributed by atoms with van der Waals surface area (Å²) in [5.41, 5.74) is 5.88. The molecule has 0 aromatic heterocycles. The summed E-state index contributed by atoms with van der Waals surface area (Å²) in [5, 5.41) is 0. The van der Waals surface area contributed by atoms with Gasteiger partial charge < -0.3 is 14.2 Å². The van der Waals surface area contributed by atoms with Gasteiger partial charge in [0, 0.05) is 11.8 Å². The van der Waals surface area contributed by atoms with Crippen LogP contribution in [-0.2, 0) is 27.8 Å². The van der Waals surface area contributed by atoms with Crippen LogP contribution in [0.5, 0.6) is 23.0 Å². The Bertz CT molecular complexity index is 1500. The molecular formula is C35H36O5. The molecule has 4 rings (SSSR count). The first-order valence-corrected chi connectivity index (χ1v) is 13.4. The highest BCUT2D eigenvalue weighted by Gasteiger charge is 2.25. The van der Waals surface area contributed by atoms with Crippen molar-refractivity contribution in [3.05, 3.63) is 118 Å². The lowest BCUT2D eigenvalue weighted by molar-refractivity contribution is -0.133. The highest BCUT2D eigenvalue weighted by Crippen LogP contribution is 2.36. The van der Waals surface area contributed by atoms with Crippen molar-refractivity contribution in [2.75, 3.05) is 7.11 Å². The van der Waals surface area contributed by atoms with Crippen LogP contribution in [0.25, 0.3) is 0 Å². The van der Waals surface area contributed by atoms with Gasteiger partial charge in [-0.15, -0.1) is 0 Å². The molecule has 206 valence electrons. The standard InChI is InChI=1S/C35H36O5/c1-23-19-28(11-17-32(23)38-6)35(4,5)29-12-18-33(24(2)20-29)40-34(37)22-27-9-15-31(16-10-27)39-30-13-7-26(8-14-30)21-25(3)36/h7-20H,21-22H2,1-6H3. The number of methoxy groups -OCH3 is 1. The molecular weight excluding hydrogens is 500 g/mol. The van der Waals surface area contributed by atoms with Crippen LogP contribution < -0.4 is 14.2 Å². The zero-order chi connectivity index (χ0) is 28.9. The summed E-state index contributed by atoms with van der Waals surface area (Å²) in [6.07, 6.45) is 0.563. The molecule has 0 aliphatic carbocycles. The minimum absolute atomic E-state index is 0.124. The number of hydrogen-bond acceptors (Lipinski definition) is 5. The lowest BCUT2D eigenvalue weighted by atomic mass is 9.77. The van der Waals surface area contributed by atoms with Gasteiger partial charge in [-0.25, -0.2) is 0 Å². The van der Waals surface area contributed by atoms with Gasteiger partial charge in [0.05, 0.1) is 13.5 Å². The first kappa shape index (κ1) is 28.6. The maximum Gasteiger partial charge on any atom is 0.315 e. The number of rotatable bonds is 10. The first-order valence-electron chi connectivity index (χ1n) is 13.4. The van der Waals surface area contributed by atoms with E-state index in [-0.39, 0.29) is 23.6 Å². The van der Waals surface area contributed by atoms with E-state index in [2.05, 4.69) is 32.0 Å². The van der Waals surface area contributed by atoms with E-state index in [1.165, 1.54) is 5.56 Å². The number of hydrogen-bond donors (Lipinski definition) is 0. The summed E-state index contributed by atoms with van der Waals surface area (Å²) in [5.74, 6) is 2.58. The van der Waals surface area contributed by atoms with Crippen molar-refractivity contribution in [1.82, 2.24) is 0 Å². The van der Waals surface area contributed by atoms with E-state index < -0.39 is 0 Å². The van der Waals surface area contributed by atoms with Gasteiger partial charge in [-0.1, -0.05) is 62.4 Å². The van der Waals surface area contributed by atoms with Crippen LogP contribution in [0.15, 0.2) is 84.9 Å². The van der Waals surface area contributed by atoms with Crippen molar-refractivity contribution in [2.24, 2.45) is 0 Å². The number of carbonyl (C=O) groups excluding carboxylic acids is 2. The minimum Gasteiger partial charge on any atom is -0.496 e. The first-order chi connectivity index (χ1) is 19.0. The second-order valence-corrected chi connectivity index (χ2v) is 10.7. The molecule has 0 saturated heterocycles. The minimum atomic E-state index is -0.324. The van der Waals surface area contributed by atoms with Gasteiger partial charge in [0.25, 0.3) is 0 Å². The molecule has 0 aliphatic heterocycles. The Morgan fingerprint density at radius 3 is 1.60 bits per heavy atom. The van der Waals surface area contributed by atoms with Gasteiger partial charge in [0.1, 0.15) is 28.8 Å². The van der Waals surface area contributed by atoms with Crippen molar-refractivity contribution in [3.8, 4) is 23.0 Å². The van der Waals surface area contributed by atoms with Crippen molar-refractivity contribution in [2.45, 2.75) is 52.9 Å². The molecule has 4 aromatic rings. The van der Waals surface area contributed by atoms with Crippen LogP contribution in [0.1, 0.15) is 54.2 Å². The van der Waals surface area contributed by atoms with Crippen molar-refractivity contribution >= 4 is 11.8 Å². The normalized spacial score (nSPS) is 11.2. The van der Waals surface area contributed by atoms with Crippen LogP contribution in [0.2, 0.25) is 0 Å². The highest BCUT2D eigenvalue weighted by atomic mass is 16.5. The van der Waals surface area contributed by atoms with Gasteiger partial charge in [-0.05, 0) is 90.6 Å². The maximum atomic E-state index is 12.7. The third-order valence-corrected chi connectivity index (χ3v) is 7.12. The third-order valence-electron chi connectivity index (χ3n) is 7.12. The van der Waals surface area contributed by atoms with Crippen LogP contribution >= 0.6 is 0 Å². The molecule has 5 nitrogen and oxygen atoms in total. The summed E-state index contributed by atoms with van der Waals surface area (Å²) in [6.45, 7) is 9.95. The van der Waals surface area contributed by atoms with Gasteiger partial charge in [0.15, 0.2) is 0 Å². The summed E-state index contributed by atoms with van der Waals surface area (Å²) in [7, 11) is 1.68. The molecule has 4 aromatic carbocycles. The van der Waals surface area contributed by atoms with Gasteiger partial charge >= 0.3 is 5.97 Å². The Balaban J connectivity index is 1.37. The van der Waals surface area contributed by atoms with E-state index in [0.717, 1.165) is 33.6 Å². The molecule has 0 radical (unpaired) electrons. The van der Waals surface area contributed by atoms with E-state index in [1.807, 2.05) is 80.6 Å². The fourth-order valence-corrected chi connectivity index (χ4v) is 4.69. The Hall–Kier alpha value is -4.38. The molecule has 0 fully saturated rings. The lowest BCUT2D eigenvalue weighted by Gasteiger charge is -2.27. The van der Waals surface area contributed by atoms with Crippen molar-refractivity contribution < 1.29 is 23.8 Å². The SMILES string of the molecule is COc1ccc(C(C)(C)c2ccc(OC(=O)Cc3ccc(Oc4ccc(CC(C)=O)cc4)cc3)c(C)c2)cc1C. The van der Waals surface area contributed by atoms with Gasteiger partial charge in [-0.3, -0.25) is 9.59 Å². The molecule has 0 aliphatic rings. The number of esters is 1. The molecule has 0 spiro atoms. The van der Waals surface area contributed by atoms with E-state index in [4.69, 9.17) is 14.2 Å². The largest absolute Gasteiger partial charge is 0.496 e. The lowest BCUT2D eigenvalue weighted by Crippen LogP contribution is -2.19. The monoisotopic (exact) mass is 536 g/mol. The maximum absolute atomic E-state index is 12.7. The number of ether oxygens (including phenoxy) is 3. The van der Waals surface area contributed by atoms with Crippen LogP contribution in [-0.4, -0.2) is 18.9 Å². The second-order valence-electron chi connectivity index (χ2n) is 10.7. The van der Waals surface area contributed by atoms with Crippen molar-refractivity contribution in [1.29, 1.82) is 0 Å². The van der Waals surface area contributed by atoms with E-state index in [0.29, 0.717) is 23.7 Å². The van der Waals surface area contributed by atoms with Gasteiger partial charge in [-0.2, -0.15) is 0 Å². The molecule has 0 saturated carbocycles. The van der Waals surface area contributed by atoms with Crippen LogP contribution in [0, 0.1) is 13.8 Å². The average Bonchev–Trinajstić information content (AvgIpc) is 2.91. The predicted octanol–water partition coefficient (Wildman–Crippen LogP) is 7.71. The van der Waals surface area contributed by atoms with Gasteiger partial charge in [0.2, 0.25) is 0 Å². The number of ketones is 1. The molecule has 40 heavy (non-hydrogen) atoms. The zero-order valence-corrected chi connectivity index (χ0v) is 24.0. The molecule has 5 heteroatoms. The highest BCUT2D eigenvalue weighted by molar-refractivity contribution is 5.78. The van der Waals surface area contributed by atoms with Crippen LogP contribution in [0.3, 0.4) is 0 Å². The van der Waals surface area contributed by atoms with E-state index >= 15 is 0 Å². The third kappa shape index (κ3) is 6.97. The molecule has 0 N–H and O–H groups in total. The number of Topliss-reactive ketones (excluding diaryl/α,β-unsaturated/α-hetero) is 1. The Labute approximate surface area is 236 Å². The second kappa shape index (κ2) is 12.2. The smallest absolute Gasteiger partial charge is 0.315 e. The fraction of sp³-hybridized carbons (Fsp3) is 0.257. The van der Waals surface area contributed by atoms with Crippen molar-refractivity contribution in [3.63, 3.8) is 0 Å². The molecule has 0 atom stereocenters. The summed E-state index contributed by atoms with van der Waals surface area (Å²) >= 11 is 0. The average molecular weight is 537 g/mol. The number of aryl methyl sites for hydroxylation is 2. The zero-order valence-electron chi connectivity index (χ0n) is 24.0. The Kier molecular flexibility index (Phi) is 8.73. The van der Waals surface area contributed by atoms with E-state index in [9.17, 15) is 9.59 Å². The summed E-state index contributed by atoms with van der Waals surface area (Å²) in [6, 6.07) is 27.1. The topological polar surface area (TPSA) is 61.8 Å². The fourth-order valence-electron chi connectivity index (χ4n) is 4.69. The summed E-state index contributed by atoms with van der Waals surface area (Å²) in [4.78, 5) is 24.0. The predicted molar refractivity (Wildman–Crippen MR) is 158 cm³/mol. The summed E-state index contributed by atoms with van der Waals surface area (Å²) < 4.78 is 17.0. The molecule has 0 unspecified atom stereocenters. The molecule has 0 heterocycles. The number of carbonyl (C=O) groups is 2. The number of benzene rings is 4. The van der Waals surface area contributed by atoms with Crippen LogP contribution in [0.4, 0.5) is 0 Å². The van der Waals surface area contributed by atoms with E-state index in [1.54, 1.807) is 14.0 Å². The Morgan fingerprint density at radius 2 is 1.15 bits per heavy atom. The quantitative estimate of drug-likeness (QED) is 0.153.